The first-order valence-electron chi connectivity index (χ1n) is 13.2. The highest BCUT2D eigenvalue weighted by Crippen LogP contribution is 2.35. The number of anilines is 1. The predicted octanol–water partition coefficient (Wildman–Crippen LogP) is 4.34. The second-order valence-electron chi connectivity index (χ2n) is 9.90. The molecule has 0 radical (unpaired) electrons. The van der Waals surface area contributed by atoms with E-state index in [1.165, 1.54) is 7.11 Å². The van der Waals surface area contributed by atoms with Gasteiger partial charge in [0.25, 0.3) is 0 Å². The van der Waals surface area contributed by atoms with E-state index in [-0.39, 0.29) is 11.8 Å². The van der Waals surface area contributed by atoms with E-state index in [1.807, 2.05) is 66.7 Å². The van der Waals surface area contributed by atoms with Gasteiger partial charge in [0.05, 0.1) is 36.1 Å². The van der Waals surface area contributed by atoms with Crippen LogP contribution in [0.2, 0.25) is 0 Å². The normalized spacial score (nSPS) is 14.8. The number of likely N-dealkylation sites (N-methyl/N-ethyl adjacent to an activating group) is 2. The molecule has 9 heteroatoms. The topological polar surface area (TPSA) is 90.6 Å². The van der Waals surface area contributed by atoms with E-state index >= 15 is 0 Å². The molecule has 0 unspecified atom stereocenters. The summed E-state index contributed by atoms with van der Waals surface area (Å²) in [5, 5.41) is 11.9. The molecule has 9 nitrogen and oxygen atoms in total. The predicted molar refractivity (Wildman–Crippen MR) is 157 cm³/mol. The van der Waals surface area contributed by atoms with Crippen molar-refractivity contribution >= 4 is 40.0 Å². The Labute approximate surface area is 233 Å². The zero-order valence-corrected chi connectivity index (χ0v) is 22.9. The number of ether oxygens (including phenoxy) is 1. The van der Waals surface area contributed by atoms with Crippen molar-refractivity contribution in [1.82, 2.24) is 14.4 Å². The Hall–Kier alpha value is -4.47. The van der Waals surface area contributed by atoms with Crippen LogP contribution in [0.1, 0.15) is 11.1 Å². The number of aliphatic imine (C=N–C) groups is 1. The van der Waals surface area contributed by atoms with E-state index in [1.54, 1.807) is 24.1 Å². The SMILES string of the molecule is COC(=O)n1c(O)c(C(=Nc2ccc(N(C)C(=O)CN3CCN(C)CC3)cc2)c2ccccc2)c2ccccc21. The highest BCUT2D eigenvalue weighted by molar-refractivity contribution is 6.23. The minimum atomic E-state index is -0.694. The van der Waals surface area contributed by atoms with Crippen molar-refractivity contribution in [2.75, 3.05) is 58.8 Å². The molecule has 0 aliphatic carbocycles. The molecule has 206 valence electrons. The largest absolute Gasteiger partial charge is 0.494 e. The monoisotopic (exact) mass is 539 g/mol. The number of fused-ring (bicyclic) bond motifs is 1. The number of amides is 1. The molecule has 0 saturated carbocycles. The van der Waals surface area contributed by atoms with Gasteiger partial charge in [-0.25, -0.2) is 14.4 Å². The molecule has 0 bridgehead atoms. The fraction of sp³-hybridized carbons (Fsp3) is 0.258. The minimum Gasteiger partial charge on any atom is -0.494 e. The molecule has 1 aliphatic heterocycles. The number of methoxy groups -OCH3 is 1. The molecular formula is C31H33N5O4. The lowest BCUT2D eigenvalue weighted by molar-refractivity contribution is -0.119. The van der Waals surface area contributed by atoms with Crippen molar-refractivity contribution in [2.24, 2.45) is 4.99 Å². The van der Waals surface area contributed by atoms with Crippen LogP contribution in [0.25, 0.3) is 10.9 Å². The van der Waals surface area contributed by atoms with Crippen molar-refractivity contribution in [3.8, 4) is 5.88 Å². The van der Waals surface area contributed by atoms with Crippen molar-refractivity contribution < 1.29 is 19.4 Å². The van der Waals surface area contributed by atoms with Gasteiger partial charge in [-0.1, -0.05) is 48.5 Å². The number of nitrogens with zero attached hydrogens (tertiary/aromatic N) is 5. The van der Waals surface area contributed by atoms with Gasteiger partial charge in [-0.2, -0.15) is 0 Å². The summed E-state index contributed by atoms with van der Waals surface area (Å²) in [6, 6.07) is 24.1. The Morgan fingerprint density at radius 2 is 1.57 bits per heavy atom. The van der Waals surface area contributed by atoms with Crippen LogP contribution < -0.4 is 4.90 Å². The fourth-order valence-corrected chi connectivity index (χ4v) is 4.92. The molecule has 4 aromatic rings. The summed E-state index contributed by atoms with van der Waals surface area (Å²) in [6.45, 7) is 4.06. The Kier molecular flexibility index (Phi) is 7.95. The van der Waals surface area contributed by atoms with Gasteiger partial charge in [-0.3, -0.25) is 9.69 Å². The van der Waals surface area contributed by atoms with Gasteiger partial charge < -0.3 is 19.6 Å². The van der Waals surface area contributed by atoms with E-state index in [0.29, 0.717) is 34.4 Å². The highest BCUT2D eigenvalue weighted by atomic mass is 16.5. The maximum absolute atomic E-state index is 12.9. The van der Waals surface area contributed by atoms with Gasteiger partial charge >= 0.3 is 6.09 Å². The number of hydrogen-bond donors (Lipinski definition) is 1. The van der Waals surface area contributed by atoms with Gasteiger partial charge in [0.15, 0.2) is 0 Å². The van der Waals surface area contributed by atoms with Crippen LogP contribution >= 0.6 is 0 Å². The lowest BCUT2D eigenvalue weighted by Crippen LogP contribution is -2.48. The summed E-state index contributed by atoms with van der Waals surface area (Å²) < 4.78 is 6.08. The molecule has 1 aromatic heterocycles. The molecule has 0 atom stereocenters. The first-order chi connectivity index (χ1) is 19.4. The summed E-state index contributed by atoms with van der Waals surface area (Å²) in [6.07, 6.45) is -0.694. The number of piperazine rings is 1. The lowest BCUT2D eigenvalue weighted by Gasteiger charge is -2.32. The summed E-state index contributed by atoms with van der Waals surface area (Å²) in [4.78, 5) is 36.6. The Morgan fingerprint density at radius 3 is 2.25 bits per heavy atom. The molecule has 2 heterocycles. The molecule has 1 amide bonds. The van der Waals surface area contributed by atoms with Crippen molar-refractivity contribution in [3.05, 3.63) is 90.0 Å². The average molecular weight is 540 g/mol. The number of para-hydroxylation sites is 1. The molecule has 1 fully saturated rings. The minimum absolute atomic E-state index is 0.0336. The number of carbonyl (C=O) groups excluding carboxylic acids is 2. The number of carbonyl (C=O) groups is 2. The molecule has 40 heavy (non-hydrogen) atoms. The van der Waals surface area contributed by atoms with Crippen molar-refractivity contribution in [3.63, 3.8) is 0 Å². The van der Waals surface area contributed by atoms with E-state index in [9.17, 15) is 14.7 Å². The van der Waals surface area contributed by atoms with Crippen LogP contribution in [0.3, 0.4) is 0 Å². The van der Waals surface area contributed by atoms with Crippen LogP contribution in [0.4, 0.5) is 16.2 Å². The molecule has 1 N–H and O–H groups in total. The average Bonchev–Trinajstić information content (AvgIpc) is 3.28. The Bertz CT molecular complexity index is 1540. The third-order valence-corrected chi connectivity index (χ3v) is 7.30. The first kappa shape index (κ1) is 27.1. The van der Waals surface area contributed by atoms with Crippen molar-refractivity contribution in [1.29, 1.82) is 0 Å². The smallest absolute Gasteiger partial charge is 0.421 e. The second kappa shape index (κ2) is 11.7. The number of aromatic hydroxyl groups is 1. The number of aromatic nitrogens is 1. The summed E-state index contributed by atoms with van der Waals surface area (Å²) in [5.41, 5.74) is 3.62. The summed E-state index contributed by atoms with van der Waals surface area (Å²) in [7, 11) is 5.15. The first-order valence-corrected chi connectivity index (χ1v) is 13.2. The summed E-state index contributed by atoms with van der Waals surface area (Å²) in [5.74, 6) is -0.215. The van der Waals surface area contributed by atoms with E-state index in [4.69, 9.17) is 9.73 Å². The van der Waals surface area contributed by atoms with Crippen LogP contribution in [0, 0.1) is 0 Å². The Balaban J connectivity index is 1.49. The van der Waals surface area contributed by atoms with Crippen LogP contribution in [0.5, 0.6) is 5.88 Å². The second-order valence-corrected chi connectivity index (χ2v) is 9.90. The van der Waals surface area contributed by atoms with Crippen LogP contribution in [-0.4, -0.2) is 91.1 Å². The maximum atomic E-state index is 12.9. The van der Waals surface area contributed by atoms with Crippen LogP contribution in [-0.2, 0) is 9.53 Å². The van der Waals surface area contributed by atoms with Gasteiger partial charge in [-0.05, 0) is 37.4 Å². The maximum Gasteiger partial charge on any atom is 0.421 e. The van der Waals surface area contributed by atoms with E-state index in [2.05, 4.69) is 16.8 Å². The molecule has 1 aliphatic rings. The number of hydrogen-bond acceptors (Lipinski definition) is 7. The number of benzene rings is 3. The highest BCUT2D eigenvalue weighted by Gasteiger charge is 2.26. The third-order valence-electron chi connectivity index (χ3n) is 7.30. The summed E-state index contributed by atoms with van der Waals surface area (Å²) >= 11 is 0. The zero-order chi connectivity index (χ0) is 28.2. The van der Waals surface area contributed by atoms with Gasteiger partial charge in [0.2, 0.25) is 11.8 Å². The quantitative estimate of drug-likeness (QED) is 0.367. The van der Waals surface area contributed by atoms with Gasteiger partial charge in [-0.15, -0.1) is 0 Å². The van der Waals surface area contributed by atoms with Crippen molar-refractivity contribution in [2.45, 2.75) is 0 Å². The fourth-order valence-electron chi connectivity index (χ4n) is 4.92. The molecule has 3 aromatic carbocycles. The van der Waals surface area contributed by atoms with Crippen LogP contribution in [0.15, 0.2) is 83.9 Å². The van der Waals surface area contributed by atoms with E-state index in [0.717, 1.165) is 42.0 Å². The van der Waals surface area contributed by atoms with E-state index < -0.39 is 6.09 Å². The molecule has 5 rings (SSSR count). The van der Waals surface area contributed by atoms with Gasteiger partial charge in [0, 0.05) is 49.9 Å². The molecule has 0 spiro atoms. The molecule has 1 saturated heterocycles. The zero-order valence-electron chi connectivity index (χ0n) is 22.9. The Morgan fingerprint density at radius 1 is 0.925 bits per heavy atom. The number of rotatable bonds is 6. The lowest BCUT2D eigenvalue weighted by atomic mass is 10.0. The van der Waals surface area contributed by atoms with Gasteiger partial charge in [0.1, 0.15) is 0 Å². The third kappa shape index (κ3) is 5.47. The molecular weight excluding hydrogens is 506 g/mol. The standard InChI is InChI=1S/C31H33N5O4/c1-33-17-19-35(20-18-33)21-27(37)34(2)24-15-13-23(14-16-24)32-29(22-9-5-4-6-10-22)28-25-11-7-8-12-26(25)36(30(28)38)31(39)40-3/h4-16,38H,17-21H2,1-3H3.